The van der Waals surface area contributed by atoms with E-state index in [9.17, 15) is 4.79 Å². The van der Waals surface area contributed by atoms with Gasteiger partial charge >= 0.3 is 0 Å². The maximum atomic E-state index is 11.8. The molecule has 2 N–H and O–H groups in total. The highest BCUT2D eigenvalue weighted by molar-refractivity contribution is 5.85. The summed E-state index contributed by atoms with van der Waals surface area (Å²) >= 11 is 0. The number of amides is 1. The highest BCUT2D eigenvalue weighted by atomic mass is 16.5. The van der Waals surface area contributed by atoms with Crippen molar-refractivity contribution in [2.75, 3.05) is 33.8 Å². The zero-order valence-corrected chi connectivity index (χ0v) is 16.0. The van der Waals surface area contributed by atoms with Crippen LogP contribution in [0.2, 0.25) is 0 Å². The fourth-order valence-electron chi connectivity index (χ4n) is 4.04. The number of hydrogen-bond donors (Lipinski definition) is 2. The van der Waals surface area contributed by atoms with Crippen LogP contribution in [0.4, 0.5) is 0 Å². The van der Waals surface area contributed by atoms with Crippen LogP contribution < -0.4 is 10.6 Å². The molecule has 2 aliphatic rings. The van der Waals surface area contributed by atoms with Gasteiger partial charge in [0.1, 0.15) is 6.54 Å². The first-order chi connectivity index (χ1) is 12.0. The Bertz CT molecular complexity index is 484. The van der Waals surface area contributed by atoms with Crippen LogP contribution in [-0.4, -0.2) is 62.7 Å². The smallest absolute Gasteiger partial charge is 0.243 e. The van der Waals surface area contributed by atoms with Crippen molar-refractivity contribution >= 4 is 11.9 Å². The number of ether oxygens (including phenoxy) is 1. The lowest BCUT2D eigenvalue weighted by Crippen LogP contribution is -2.66. The van der Waals surface area contributed by atoms with Crippen molar-refractivity contribution in [2.45, 2.75) is 57.6 Å². The molecule has 6 nitrogen and oxygen atoms in total. The SMILES string of the molecule is C=CCNC(=NCC(=O)N(C)C)NC1CC(OCC)C12CCCCC2. The molecule has 1 amide bonds. The van der Waals surface area contributed by atoms with E-state index < -0.39 is 0 Å². The molecular weight excluding hydrogens is 316 g/mol. The lowest BCUT2D eigenvalue weighted by Gasteiger charge is -2.57. The van der Waals surface area contributed by atoms with E-state index in [1.165, 1.54) is 32.1 Å². The summed E-state index contributed by atoms with van der Waals surface area (Å²) in [6.45, 7) is 7.36. The third-order valence-corrected chi connectivity index (χ3v) is 5.53. The van der Waals surface area contributed by atoms with Crippen molar-refractivity contribution in [3.8, 4) is 0 Å². The average Bonchev–Trinajstić information content (AvgIpc) is 2.62. The number of rotatable bonds is 7. The summed E-state index contributed by atoms with van der Waals surface area (Å²) in [6.07, 6.45) is 9.43. The Labute approximate surface area is 152 Å². The maximum absolute atomic E-state index is 11.8. The fourth-order valence-corrected chi connectivity index (χ4v) is 4.04. The summed E-state index contributed by atoms with van der Waals surface area (Å²) in [6, 6.07) is 0.356. The van der Waals surface area contributed by atoms with Crippen LogP contribution in [0.15, 0.2) is 17.6 Å². The van der Waals surface area contributed by atoms with Crippen LogP contribution in [-0.2, 0) is 9.53 Å². The molecule has 0 saturated heterocycles. The minimum atomic E-state index is -0.00659. The van der Waals surface area contributed by atoms with Gasteiger partial charge in [-0.15, -0.1) is 6.58 Å². The number of hydrogen-bond acceptors (Lipinski definition) is 3. The van der Waals surface area contributed by atoms with E-state index in [0.717, 1.165) is 13.0 Å². The fraction of sp³-hybridized carbons (Fsp3) is 0.789. The molecule has 0 heterocycles. The normalized spacial score (nSPS) is 25.2. The number of aliphatic imine (C=N–C) groups is 1. The second-order valence-corrected chi connectivity index (χ2v) is 7.29. The number of nitrogens with zero attached hydrogens (tertiary/aromatic N) is 2. The molecule has 1 spiro atoms. The Kier molecular flexibility index (Phi) is 7.29. The molecule has 0 aromatic carbocycles. The van der Waals surface area contributed by atoms with Gasteiger partial charge in [-0.25, -0.2) is 4.99 Å². The molecule has 2 fully saturated rings. The molecule has 2 aliphatic carbocycles. The molecule has 0 aromatic rings. The topological polar surface area (TPSA) is 66.0 Å². The lowest BCUT2D eigenvalue weighted by molar-refractivity contribution is -0.145. The van der Waals surface area contributed by atoms with Crippen molar-refractivity contribution in [2.24, 2.45) is 10.4 Å². The Hall–Kier alpha value is -1.56. The van der Waals surface area contributed by atoms with Crippen LogP contribution >= 0.6 is 0 Å². The molecule has 2 atom stereocenters. The van der Waals surface area contributed by atoms with E-state index >= 15 is 0 Å². The molecule has 0 aromatic heterocycles. The number of carbonyl (C=O) groups excluding carboxylic acids is 1. The van der Waals surface area contributed by atoms with Crippen molar-refractivity contribution in [1.29, 1.82) is 0 Å². The van der Waals surface area contributed by atoms with Gasteiger partial charge in [-0.1, -0.05) is 25.3 Å². The summed E-state index contributed by atoms with van der Waals surface area (Å²) in [7, 11) is 3.50. The molecule has 2 rings (SSSR count). The number of guanidine groups is 1. The van der Waals surface area contributed by atoms with Crippen LogP contribution in [0.3, 0.4) is 0 Å². The number of nitrogens with one attached hydrogen (secondary N) is 2. The number of likely N-dealkylation sites (N-methyl/N-ethyl adjacent to an activating group) is 1. The number of carbonyl (C=O) groups is 1. The Morgan fingerprint density at radius 1 is 1.36 bits per heavy atom. The van der Waals surface area contributed by atoms with Crippen LogP contribution in [0.1, 0.15) is 45.4 Å². The average molecular weight is 351 g/mol. The van der Waals surface area contributed by atoms with Crippen molar-refractivity contribution in [3.63, 3.8) is 0 Å². The van der Waals surface area contributed by atoms with Gasteiger partial charge in [0.15, 0.2) is 5.96 Å². The Balaban J connectivity index is 2.04. The Morgan fingerprint density at radius 3 is 2.68 bits per heavy atom. The molecule has 2 unspecified atom stereocenters. The standard InChI is InChI=1S/C19H34N4O2/c1-5-12-20-18(21-14-17(24)23(3)4)22-15-13-16(25-6-2)19(15)10-8-7-9-11-19/h5,15-16H,1,6-14H2,2-4H3,(H2,20,21,22). The second-order valence-electron chi connectivity index (χ2n) is 7.29. The first-order valence-electron chi connectivity index (χ1n) is 9.51. The maximum Gasteiger partial charge on any atom is 0.243 e. The molecule has 2 saturated carbocycles. The van der Waals surface area contributed by atoms with Gasteiger partial charge in [0.2, 0.25) is 5.91 Å². The molecule has 142 valence electrons. The van der Waals surface area contributed by atoms with Gasteiger partial charge in [0.25, 0.3) is 0 Å². The van der Waals surface area contributed by atoms with E-state index in [1.54, 1.807) is 25.1 Å². The van der Waals surface area contributed by atoms with E-state index in [-0.39, 0.29) is 17.9 Å². The highest BCUT2D eigenvalue weighted by Crippen LogP contribution is 2.53. The minimum absolute atomic E-state index is 0.00659. The van der Waals surface area contributed by atoms with Gasteiger partial charge in [-0.2, -0.15) is 0 Å². The molecule has 25 heavy (non-hydrogen) atoms. The largest absolute Gasteiger partial charge is 0.378 e. The van der Waals surface area contributed by atoms with Gasteiger partial charge in [-0.3, -0.25) is 4.79 Å². The Morgan fingerprint density at radius 2 is 2.08 bits per heavy atom. The van der Waals surface area contributed by atoms with E-state index in [4.69, 9.17) is 4.74 Å². The lowest BCUT2D eigenvalue weighted by atomic mass is 9.55. The summed E-state index contributed by atoms with van der Waals surface area (Å²) in [5.41, 5.74) is 0.219. The quantitative estimate of drug-likeness (QED) is 0.418. The molecule has 0 bridgehead atoms. The zero-order valence-electron chi connectivity index (χ0n) is 16.0. The predicted octanol–water partition coefficient (Wildman–Crippen LogP) is 1.92. The van der Waals surface area contributed by atoms with Gasteiger partial charge < -0.3 is 20.3 Å². The third-order valence-electron chi connectivity index (χ3n) is 5.53. The predicted molar refractivity (Wildman–Crippen MR) is 102 cm³/mol. The summed E-state index contributed by atoms with van der Waals surface area (Å²) < 4.78 is 6.02. The monoisotopic (exact) mass is 350 g/mol. The van der Waals surface area contributed by atoms with Crippen LogP contribution in [0.5, 0.6) is 0 Å². The molecule has 0 radical (unpaired) electrons. The van der Waals surface area contributed by atoms with E-state index in [1.807, 2.05) is 0 Å². The van der Waals surface area contributed by atoms with Crippen molar-refractivity contribution in [3.05, 3.63) is 12.7 Å². The van der Waals surface area contributed by atoms with Crippen molar-refractivity contribution in [1.82, 2.24) is 15.5 Å². The minimum Gasteiger partial charge on any atom is -0.378 e. The summed E-state index contributed by atoms with van der Waals surface area (Å²) in [4.78, 5) is 17.9. The van der Waals surface area contributed by atoms with Crippen LogP contribution in [0.25, 0.3) is 0 Å². The van der Waals surface area contributed by atoms with Crippen molar-refractivity contribution < 1.29 is 9.53 Å². The first kappa shape index (κ1) is 19.8. The molecular formula is C19H34N4O2. The molecule has 0 aliphatic heterocycles. The van der Waals surface area contributed by atoms with E-state index in [2.05, 4.69) is 29.1 Å². The van der Waals surface area contributed by atoms with Gasteiger partial charge in [0.05, 0.1) is 6.10 Å². The van der Waals surface area contributed by atoms with E-state index in [0.29, 0.717) is 24.7 Å². The van der Waals surface area contributed by atoms with Gasteiger partial charge in [0, 0.05) is 38.7 Å². The first-order valence-corrected chi connectivity index (χ1v) is 9.51. The second kappa shape index (κ2) is 9.22. The van der Waals surface area contributed by atoms with Crippen LogP contribution in [0, 0.1) is 5.41 Å². The third kappa shape index (κ3) is 4.75. The summed E-state index contributed by atoms with van der Waals surface area (Å²) in [5.74, 6) is 0.688. The summed E-state index contributed by atoms with van der Waals surface area (Å²) in [5, 5.41) is 6.81. The molecule has 6 heteroatoms. The van der Waals surface area contributed by atoms with Gasteiger partial charge in [-0.05, 0) is 26.2 Å². The zero-order chi connectivity index (χ0) is 18.3. The highest BCUT2D eigenvalue weighted by Gasteiger charge is 2.55.